The van der Waals surface area contributed by atoms with Crippen molar-refractivity contribution in [2.75, 3.05) is 10.5 Å². The lowest BCUT2D eigenvalue weighted by molar-refractivity contribution is -0.136. The average molecular weight is 271 g/mol. The van der Waals surface area contributed by atoms with Crippen LogP contribution in [-0.2, 0) is 21.2 Å². The van der Waals surface area contributed by atoms with Gasteiger partial charge in [0.05, 0.1) is 11.4 Å². The number of carboxylic acids is 1. The highest BCUT2D eigenvalue weighted by Gasteiger charge is 2.12. The normalized spacial score (nSPS) is 11.2. The van der Waals surface area contributed by atoms with E-state index in [1.807, 2.05) is 0 Å². The molecule has 0 atom stereocenters. The maximum Gasteiger partial charge on any atom is 0.303 e. The Balaban J connectivity index is 2.85. The van der Waals surface area contributed by atoms with Gasteiger partial charge in [0.1, 0.15) is 0 Å². The van der Waals surface area contributed by atoms with E-state index in [0.717, 1.165) is 0 Å². The largest absolute Gasteiger partial charge is 0.481 e. The Morgan fingerprint density at radius 2 is 2.00 bits per heavy atom. The molecule has 0 saturated heterocycles. The summed E-state index contributed by atoms with van der Waals surface area (Å²) in [5.74, 6) is -0.846. The zero-order valence-electron chi connectivity index (χ0n) is 10.2. The molecule has 0 aliphatic rings. The van der Waals surface area contributed by atoms with E-state index in [2.05, 4.69) is 4.72 Å². The highest BCUT2D eigenvalue weighted by atomic mass is 32.2. The smallest absolute Gasteiger partial charge is 0.303 e. The summed E-state index contributed by atoms with van der Waals surface area (Å²) in [6.07, 6.45) is 0.819. The Bertz CT molecular complexity index is 511. The summed E-state index contributed by atoms with van der Waals surface area (Å²) in [5.41, 5.74) is 1.16. The van der Waals surface area contributed by atoms with Crippen LogP contribution < -0.4 is 4.72 Å². The standard InChI is InChI=1S/C12H17NO4S/c1-2-9-18(16,17)13-11-6-4-3-5-10(11)7-8-12(14)15/h3-6,13H,2,7-9H2,1H3,(H,14,15). The molecule has 18 heavy (non-hydrogen) atoms. The van der Waals surface area contributed by atoms with Gasteiger partial charge in [-0.15, -0.1) is 0 Å². The van der Waals surface area contributed by atoms with Crippen molar-refractivity contribution in [3.8, 4) is 0 Å². The number of carboxylic acid groups (broad SMARTS) is 1. The van der Waals surface area contributed by atoms with Gasteiger partial charge in [-0.2, -0.15) is 0 Å². The first-order valence-electron chi connectivity index (χ1n) is 5.75. The minimum absolute atomic E-state index is 0.0213. The van der Waals surface area contributed by atoms with E-state index in [1.165, 1.54) is 0 Å². The minimum atomic E-state index is -3.34. The van der Waals surface area contributed by atoms with E-state index in [1.54, 1.807) is 31.2 Å². The molecule has 1 rings (SSSR count). The molecule has 0 heterocycles. The van der Waals surface area contributed by atoms with Crippen LogP contribution >= 0.6 is 0 Å². The third-order valence-electron chi connectivity index (χ3n) is 2.36. The molecule has 0 unspecified atom stereocenters. The molecule has 0 aliphatic heterocycles. The molecule has 0 aliphatic carbocycles. The molecular formula is C12H17NO4S. The van der Waals surface area contributed by atoms with Gasteiger partial charge in [0.15, 0.2) is 0 Å². The van der Waals surface area contributed by atoms with Gasteiger partial charge in [0.25, 0.3) is 0 Å². The van der Waals surface area contributed by atoms with Gasteiger partial charge < -0.3 is 5.11 Å². The first kappa shape index (κ1) is 14.5. The summed E-state index contributed by atoms with van der Waals surface area (Å²) in [6, 6.07) is 6.85. The molecule has 2 N–H and O–H groups in total. The lowest BCUT2D eigenvalue weighted by Crippen LogP contribution is -2.17. The van der Waals surface area contributed by atoms with Gasteiger partial charge >= 0.3 is 5.97 Å². The summed E-state index contributed by atoms with van der Waals surface area (Å²) in [5, 5.41) is 8.64. The number of rotatable bonds is 7. The Morgan fingerprint density at radius 1 is 1.33 bits per heavy atom. The second-order valence-corrected chi connectivity index (χ2v) is 5.81. The summed E-state index contributed by atoms with van der Waals surface area (Å²) < 4.78 is 25.8. The lowest BCUT2D eigenvalue weighted by Gasteiger charge is -2.11. The highest BCUT2D eigenvalue weighted by Crippen LogP contribution is 2.18. The van der Waals surface area contributed by atoms with Gasteiger partial charge in [-0.3, -0.25) is 9.52 Å². The topological polar surface area (TPSA) is 83.5 Å². The minimum Gasteiger partial charge on any atom is -0.481 e. The van der Waals surface area contributed by atoms with E-state index in [-0.39, 0.29) is 12.2 Å². The van der Waals surface area contributed by atoms with Crippen molar-refractivity contribution >= 4 is 21.7 Å². The Labute approximate surface area is 107 Å². The number of anilines is 1. The average Bonchev–Trinajstić information content (AvgIpc) is 2.27. The number of sulfonamides is 1. The predicted molar refractivity (Wildman–Crippen MR) is 70.1 cm³/mol. The summed E-state index contributed by atoms with van der Waals surface area (Å²) >= 11 is 0. The summed E-state index contributed by atoms with van der Waals surface area (Å²) in [6.45, 7) is 1.79. The molecule has 1 aromatic carbocycles. The number of carbonyl (C=O) groups is 1. The molecular weight excluding hydrogens is 254 g/mol. The maximum absolute atomic E-state index is 11.7. The Hall–Kier alpha value is -1.56. The van der Waals surface area contributed by atoms with Crippen LogP contribution in [0.4, 0.5) is 5.69 Å². The fourth-order valence-corrected chi connectivity index (χ4v) is 2.74. The van der Waals surface area contributed by atoms with Crippen LogP contribution in [0.2, 0.25) is 0 Å². The van der Waals surface area contributed by atoms with E-state index in [4.69, 9.17) is 5.11 Å². The molecule has 0 saturated carbocycles. The second-order valence-electron chi connectivity index (χ2n) is 3.97. The van der Waals surface area contributed by atoms with Crippen molar-refractivity contribution < 1.29 is 18.3 Å². The molecule has 0 spiro atoms. The number of para-hydroxylation sites is 1. The van der Waals surface area contributed by atoms with Gasteiger partial charge in [-0.25, -0.2) is 8.42 Å². The van der Waals surface area contributed by atoms with Crippen LogP contribution in [0, 0.1) is 0 Å². The van der Waals surface area contributed by atoms with Crippen molar-refractivity contribution in [3.63, 3.8) is 0 Å². The molecule has 0 fully saturated rings. The first-order valence-corrected chi connectivity index (χ1v) is 7.40. The number of nitrogens with one attached hydrogen (secondary N) is 1. The maximum atomic E-state index is 11.7. The Kier molecular flexibility index (Phi) is 5.15. The number of benzene rings is 1. The fourth-order valence-electron chi connectivity index (χ4n) is 1.57. The van der Waals surface area contributed by atoms with Crippen molar-refractivity contribution in [3.05, 3.63) is 29.8 Å². The van der Waals surface area contributed by atoms with E-state index in [9.17, 15) is 13.2 Å². The van der Waals surface area contributed by atoms with Crippen molar-refractivity contribution in [2.45, 2.75) is 26.2 Å². The Morgan fingerprint density at radius 3 is 2.61 bits per heavy atom. The van der Waals surface area contributed by atoms with Gasteiger partial charge in [0, 0.05) is 6.42 Å². The van der Waals surface area contributed by atoms with Crippen LogP contribution in [0.15, 0.2) is 24.3 Å². The number of hydrogen-bond donors (Lipinski definition) is 2. The molecule has 100 valence electrons. The third-order valence-corrected chi connectivity index (χ3v) is 3.84. The predicted octanol–water partition coefficient (Wildman–Crippen LogP) is 1.86. The molecule has 0 aromatic heterocycles. The number of hydrogen-bond acceptors (Lipinski definition) is 3. The SMILES string of the molecule is CCCS(=O)(=O)Nc1ccccc1CCC(=O)O. The van der Waals surface area contributed by atoms with Crippen LogP contribution in [0.5, 0.6) is 0 Å². The molecule has 5 nitrogen and oxygen atoms in total. The quantitative estimate of drug-likeness (QED) is 0.792. The monoisotopic (exact) mass is 271 g/mol. The van der Waals surface area contributed by atoms with Crippen molar-refractivity contribution in [1.29, 1.82) is 0 Å². The third kappa shape index (κ3) is 4.75. The molecule has 0 bridgehead atoms. The van der Waals surface area contributed by atoms with E-state index >= 15 is 0 Å². The van der Waals surface area contributed by atoms with Crippen LogP contribution in [0.25, 0.3) is 0 Å². The molecule has 1 aromatic rings. The highest BCUT2D eigenvalue weighted by molar-refractivity contribution is 7.92. The molecule has 6 heteroatoms. The van der Waals surface area contributed by atoms with Crippen LogP contribution in [0.3, 0.4) is 0 Å². The first-order chi connectivity index (χ1) is 8.44. The van der Waals surface area contributed by atoms with E-state index < -0.39 is 16.0 Å². The van der Waals surface area contributed by atoms with Crippen molar-refractivity contribution in [2.24, 2.45) is 0 Å². The molecule has 0 amide bonds. The van der Waals surface area contributed by atoms with Crippen LogP contribution in [0.1, 0.15) is 25.3 Å². The zero-order chi connectivity index (χ0) is 13.6. The lowest BCUT2D eigenvalue weighted by atomic mass is 10.1. The van der Waals surface area contributed by atoms with Gasteiger partial charge in [-0.1, -0.05) is 25.1 Å². The number of aliphatic carboxylic acids is 1. The summed E-state index contributed by atoms with van der Waals surface area (Å²) in [4.78, 5) is 10.5. The van der Waals surface area contributed by atoms with Gasteiger partial charge in [-0.05, 0) is 24.5 Å². The zero-order valence-corrected chi connectivity index (χ0v) is 11.0. The van der Waals surface area contributed by atoms with Gasteiger partial charge in [0.2, 0.25) is 10.0 Å². The second kappa shape index (κ2) is 6.39. The molecule has 0 radical (unpaired) electrons. The number of aryl methyl sites for hydroxylation is 1. The fraction of sp³-hybridized carbons (Fsp3) is 0.417. The van der Waals surface area contributed by atoms with E-state index in [0.29, 0.717) is 24.1 Å². The van der Waals surface area contributed by atoms with Crippen LogP contribution in [-0.4, -0.2) is 25.2 Å². The van der Waals surface area contributed by atoms with Crippen molar-refractivity contribution in [1.82, 2.24) is 0 Å². The summed E-state index contributed by atoms with van der Waals surface area (Å²) in [7, 11) is -3.34.